The lowest BCUT2D eigenvalue weighted by molar-refractivity contribution is -0.107. The molecule has 14 heavy (non-hydrogen) atoms. The molecule has 0 radical (unpaired) electrons. The first-order valence-electron chi connectivity index (χ1n) is 5.28. The molecule has 0 saturated heterocycles. The third kappa shape index (κ3) is 3.45. The maximum atomic E-state index is 10.7. The molecule has 1 rings (SSSR count). The highest BCUT2D eigenvalue weighted by Crippen LogP contribution is 2.39. The number of hydrogen-bond acceptors (Lipinski definition) is 1. The van der Waals surface area contributed by atoms with Gasteiger partial charge in [-0.2, -0.15) is 0 Å². The average Bonchev–Trinajstić information content (AvgIpc) is 2.02. The molecule has 0 amide bonds. The third-order valence-electron chi connectivity index (χ3n) is 3.17. The molecule has 2 heteroatoms. The Bertz CT molecular complexity index is 238. The molecule has 0 heterocycles. The van der Waals surface area contributed by atoms with Crippen molar-refractivity contribution in [3.63, 3.8) is 0 Å². The highest BCUT2D eigenvalue weighted by Gasteiger charge is 2.27. The maximum absolute atomic E-state index is 10.7. The molecular weight excluding hydrogens is 196 g/mol. The quantitative estimate of drug-likeness (QED) is 0.478. The summed E-state index contributed by atoms with van der Waals surface area (Å²) in [5.74, 6) is 0.782. The molecule has 1 aliphatic carbocycles. The van der Waals surface area contributed by atoms with Crippen molar-refractivity contribution in [2.24, 2.45) is 11.3 Å². The minimum atomic E-state index is -0.325. The zero-order valence-corrected chi connectivity index (χ0v) is 10.0. The van der Waals surface area contributed by atoms with Crippen LogP contribution in [0.5, 0.6) is 0 Å². The molecule has 0 spiro atoms. The Morgan fingerprint density at radius 1 is 1.36 bits per heavy atom. The fourth-order valence-electron chi connectivity index (χ4n) is 2.16. The van der Waals surface area contributed by atoms with Crippen molar-refractivity contribution in [2.45, 2.75) is 46.5 Å². The van der Waals surface area contributed by atoms with E-state index in [1.165, 1.54) is 18.4 Å². The van der Waals surface area contributed by atoms with Crippen molar-refractivity contribution in [3.8, 4) is 0 Å². The van der Waals surface area contributed by atoms with E-state index in [0.717, 1.165) is 18.8 Å². The van der Waals surface area contributed by atoms with Crippen LogP contribution < -0.4 is 0 Å². The maximum Gasteiger partial charge on any atom is 0.245 e. The largest absolute Gasteiger partial charge is 0.276 e. The van der Waals surface area contributed by atoms with Crippen molar-refractivity contribution in [1.29, 1.82) is 0 Å². The molecule has 1 nitrogen and oxygen atoms in total. The van der Waals surface area contributed by atoms with Crippen molar-refractivity contribution < 1.29 is 4.79 Å². The molecule has 0 aromatic rings. The van der Waals surface area contributed by atoms with Crippen LogP contribution >= 0.6 is 11.6 Å². The minimum Gasteiger partial charge on any atom is -0.276 e. The Labute approximate surface area is 91.5 Å². The lowest BCUT2D eigenvalue weighted by Gasteiger charge is -2.34. The summed E-state index contributed by atoms with van der Waals surface area (Å²) in [6.07, 6.45) is 6.07. The molecule has 80 valence electrons. The van der Waals surface area contributed by atoms with Gasteiger partial charge in [0.1, 0.15) is 0 Å². The summed E-state index contributed by atoms with van der Waals surface area (Å²) in [6, 6.07) is 0. The number of hydrogen-bond donors (Lipinski definition) is 0. The molecular formula is C12H19ClO. The summed E-state index contributed by atoms with van der Waals surface area (Å²) in [4.78, 5) is 10.7. The summed E-state index contributed by atoms with van der Waals surface area (Å²) in [6.45, 7) is 6.87. The lowest BCUT2D eigenvalue weighted by atomic mass is 9.71. The Morgan fingerprint density at radius 2 is 1.86 bits per heavy atom. The molecule has 0 bridgehead atoms. The van der Waals surface area contributed by atoms with E-state index in [0.29, 0.717) is 5.41 Å². The normalized spacial score (nSPS) is 23.4. The highest BCUT2D eigenvalue weighted by atomic mass is 35.5. The molecule has 1 saturated carbocycles. The summed E-state index contributed by atoms with van der Waals surface area (Å²) < 4.78 is 0. The Morgan fingerprint density at radius 3 is 2.21 bits per heavy atom. The molecule has 0 N–H and O–H groups in total. The van der Waals surface area contributed by atoms with Crippen LogP contribution in [-0.2, 0) is 4.79 Å². The number of rotatable bonds is 1. The van der Waals surface area contributed by atoms with Crippen LogP contribution in [0.25, 0.3) is 0 Å². The van der Waals surface area contributed by atoms with E-state index in [1.54, 1.807) is 6.08 Å². The predicted molar refractivity (Wildman–Crippen MR) is 60.4 cm³/mol. The first kappa shape index (κ1) is 11.8. The van der Waals surface area contributed by atoms with E-state index in [-0.39, 0.29) is 5.24 Å². The Balaban J connectivity index is 2.51. The molecule has 0 aromatic heterocycles. The van der Waals surface area contributed by atoms with Crippen molar-refractivity contribution >= 4 is 16.8 Å². The van der Waals surface area contributed by atoms with Gasteiger partial charge < -0.3 is 0 Å². The van der Waals surface area contributed by atoms with Gasteiger partial charge in [0.25, 0.3) is 0 Å². The zero-order valence-electron chi connectivity index (χ0n) is 9.27. The van der Waals surface area contributed by atoms with Crippen LogP contribution in [0.3, 0.4) is 0 Å². The molecule has 0 unspecified atom stereocenters. The number of carbonyl (C=O) groups is 1. The second kappa shape index (κ2) is 4.48. The van der Waals surface area contributed by atoms with Crippen LogP contribution in [0.4, 0.5) is 0 Å². The molecule has 0 aliphatic heterocycles. The topological polar surface area (TPSA) is 17.1 Å². The zero-order chi connectivity index (χ0) is 10.8. The fraction of sp³-hybridized carbons (Fsp3) is 0.750. The van der Waals surface area contributed by atoms with Crippen LogP contribution in [0, 0.1) is 11.3 Å². The molecule has 1 aliphatic rings. The van der Waals surface area contributed by atoms with Crippen molar-refractivity contribution in [1.82, 2.24) is 0 Å². The average molecular weight is 215 g/mol. The SMILES string of the molecule is CC(C)(C)C1CCC(=CC(=O)Cl)CC1. The van der Waals surface area contributed by atoms with E-state index in [2.05, 4.69) is 20.8 Å². The van der Waals surface area contributed by atoms with Gasteiger partial charge in [-0.15, -0.1) is 0 Å². The van der Waals surface area contributed by atoms with Gasteiger partial charge in [0.2, 0.25) is 5.24 Å². The molecule has 1 fully saturated rings. The first-order valence-corrected chi connectivity index (χ1v) is 5.66. The minimum absolute atomic E-state index is 0.325. The smallest absolute Gasteiger partial charge is 0.245 e. The van der Waals surface area contributed by atoms with E-state index in [1.807, 2.05) is 0 Å². The van der Waals surface area contributed by atoms with Gasteiger partial charge in [-0.3, -0.25) is 4.79 Å². The second-order valence-electron chi connectivity index (χ2n) is 5.25. The summed E-state index contributed by atoms with van der Waals surface area (Å²) in [5.41, 5.74) is 1.63. The lowest BCUT2D eigenvalue weighted by Crippen LogP contribution is -2.23. The van der Waals surface area contributed by atoms with Crippen molar-refractivity contribution in [3.05, 3.63) is 11.6 Å². The number of halogens is 1. The van der Waals surface area contributed by atoms with Gasteiger partial charge in [0, 0.05) is 0 Å². The summed E-state index contributed by atoms with van der Waals surface area (Å²) in [7, 11) is 0. The van der Waals surface area contributed by atoms with Gasteiger partial charge >= 0.3 is 0 Å². The first-order chi connectivity index (χ1) is 6.39. The van der Waals surface area contributed by atoms with E-state index < -0.39 is 0 Å². The fourth-order valence-corrected chi connectivity index (χ4v) is 2.31. The van der Waals surface area contributed by atoms with Gasteiger partial charge in [-0.05, 0) is 54.7 Å². The highest BCUT2D eigenvalue weighted by molar-refractivity contribution is 6.66. The van der Waals surface area contributed by atoms with Crippen molar-refractivity contribution in [2.75, 3.05) is 0 Å². The monoisotopic (exact) mass is 214 g/mol. The van der Waals surface area contributed by atoms with Gasteiger partial charge in [-0.25, -0.2) is 0 Å². The number of allylic oxidation sites excluding steroid dienone is 2. The summed E-state index contributed by atoms with van der Waals surface area (Å²) in [5, 5.41) is -0.325. The van der Waals surface area contributed by atoms with E-state index >= 15 is 0 Å². The van der Waals surface area contributed by atoms with E-state index in [9.17, 15) is 4.79 Å². The van der Waals surface area contributed by atoms with Crippen LogP contribution in [0.1, 0.15) is 46.5 Å². The third-order valence-corrected chi connectivity index (χ3v) is 3.28. The molecule has 0 atom stereocenters. The second-order valence-corrected chi connectivity index (χ2v) is 5.62. The standard InChI is InChI=1S/C12H19ClO/c1-12(2,3)10-6-4-9(5-7-10)8-11(13)14/h8,10H,4-7H2,1-3H3. The Hall–Kier alpha value is -0.300. The van der Waals surface area contributed by atoms with Gasteiger partial charge in [-0.1, -0.05) is 26.3 Å². The predicted octanol–water partition coefficient (Wildman–Crippen LogP) is 3.91. The van der Waals surface area contributed by atoms with Gasteiger partial charge in [0.15, 0.2) is 0 Å². The molecule has 0 aromatic carbocycles. The van der Waals surface area contributed by atoms with Crippen LogP contribution in [0.15, 0.2) is 11.6 Å². The Kier molecular flexibility index (Phi) is 3.77. The van der Waals surface area contributed by atoms with Crippen LogP contribution in [-0.4, -0.2) is 5.24 Å². The van der Waals surface area contributed by atoms with Gasteiger partial charge in [0.05, 0.1) is 0 Å². The van der Waals surface area contributed by atoms with Crippen LogP contribution in [0.2, 0.25) is 0 Å². The number of carbonyl (C=O) groups excluding carboxylic acids is 1. The summed E-state index contributed by atoms with van der Waals surface area (Å²) >= 11 is 5.32. The van der Waals surface area contributed by atoms with E-state index in [4.69, 9.17) is 11.6 Å².